The predicted octanol–water partition coefficient (Wildman–Crippen LogP) is 2.74. The molecule has 0 unspecified atom stereocenters. The van der Waals surface area contributed by atoms with Crippen LogP contribution in [-0.2, 0) is 4.79 Å². The molecule has 16 heavy (non-hydrogen) atoms. The third-order valence-corrected chi connectivity index (χ3v) is 1.94. The van der Waals surface area contributed by atoms with Crippen LogP contribution < -0.4 is 4.74 Å². The van der Waals surface area contributed by atoms with Crippen molar-refractivity contribution in [3.63, 3.8) is 0 Å². The summed E-state index contributed by atoms with van der Waals surface area (Å²) < 4.78 is 5.04. The number of aliphatic carboxylic acids is 1. The number of methoxy groups -OCH3 is 1. The van der Waals surface area contributed by atoms with Gasteiger partial charge in [-0.25, -0.2) is 0 Å². The largest absolute Gasteiger partial charge is 0.497 e. The van der Waals surface area contributed by atoms with Crippen LogP contribution in [0.2, 0.25) is 0 Å². The highest BCUT2D eigenvalue weighted by molar-refractivity contribution is 5.68. The molecule has 0 radical (unpaired) electrons. The Bertz CT molecular complexity index is 388. The predicted molar refractivity (Wildman–Crippen MR) is 63.4 cm³/mol. The van der Waals surface area contributed by atoms with E-state index in [2.05, 4.69) is 0 Å². The molecule has 0 aromatic heterocycles. The number of benzene rings is 1. The van der Waals surface area contributed by atoms with Crippen LogP contribution in [0.3, 0.4) is 0 Å². The number of hydrogen-bond donors (Lipinski definition) is 1. The van der Waals surface area contributed by atoms with Crippen LogP contribution in [0.1, 0.15) is 12.0 Å². The first-order valence-electron chi connectivity index (χ1n) is 4.91. The van der Waals surface area contributed by atoms with Gasteiger partial charge in [-0.05, 0) is 17.7 Å². The van der Waals surface area contributed by atoms with Gasteiger partial charge in [0, 0.05) is 0 Å². The smallest absolute Gasteiger partial charge is 0.307 e. The van der Waals surface area contributed by atoms with Gasteiger partial charge in [0.15, 0.2) is 0 Å². The van der Waals surface area contributed by atoms with Crippen molar-refractivity contribution in [2.75, 3.05) is 7.11 Å². The Morgan fingerprint density at radius 3 is 2.56 bits per heavy atom. The first kappa shape index (κ1) is 12.0. The Labute approximate surface area is 94.7 Å². The zero-order valence-corrected chi connectivity index (χ0v) is 9.09. The first-order chi connectivity index (χ1) is 7.72. The molecule has 0 aliphatic carbocycles. The lowest BCUT2D eigenvalue weighted by Crippen LogP contribution is -1.89. The Morgan fingerprint density at radius 2 is 2.00 bits per heavy atom. The number of ether oxygens (including phenoxy) is 1. The molecule has 3 nitrogen and oxygen atoms in total. The van der Waals surface area contributed by atoms with Crippen molar-refractivity contribution in [1.82, 2.24) is 0 Å². The fourth-order valence-electron chi connectivity index (χ4n) is 1.13. The molecule has 0 bridgehead atoms. The Balaban J connectivity index is 2.49. The normalized spacial score (nSPS) is 11.1. The van der Waals surface area contributed by atoms with Gasteiger partial charge < -0.3 is 9.84 Å². The van der Waals surface area contributed by atoms with Crippen molar-refractivity contribution in [1.29, 1.82) is 0 Å². The molecule has 1 rings (SSSR count). The van der Waals surface area contributed by atoms with Crippen molar-refractivity contribution in [3.8, 4) is 5.75 Å². The first-order valence-corrected chi connectivity index (χ1v) is 4.91. The average molecular weight is 218 g/mol. The lowest BCUT2D eigenvalue weighted by atomic mass is 10.2. The monoisotopic (exact) mass is 218 g/mol. The molecule has 3 heteroatoms. The minimum Gasteiger partial charge on any atom is -0.497 e. The molecular weight excluding hydrogens is 204 g/mol. The summed E-state index contributed by atoms with van der Waals surface area (Å²) in [5, 5.41) is 8.40. The van der Waals surface area contributed by atoms with Crippen molar-refractivity contribution in [2.45, 2.75) is 6.42 Å². The second-order valence-electron chi connectivity index (χ2n) is 3.16. The molecule has 0 saturated heterocycles. The van der Waals surface area contributed by atoms with Gasteiger partial charge in [0.25, 0.3) is 0 Å². The van der Waals surface area contributed by atoms with E-state index in [-0.39, 0.29) is 6.42 Å². The lowest BCUT2D eigenvalue weighted by molar-refractivity contribution is -0.135. The molecule has 0 fully saturated rings. The third kappa shape index (κ3) is 4.46. The number of hydrogen-bond acceptors (Lipinski definition) is 2. The molecule has 0 spiro atoms. The quantitative estimate of drug-likeness (QED) is 0.773. The van der Waals surface area contributed by atoms with Gasteiger partial charge in [0.1, 0.15) is 5.75 Å². The topological polar surface area (TPSA) is 46.5 Å². The van der Waals surface area contributed by atoms with E-state index in [0.29, 0.717) is 0 Å². The maximum Gasteiger partial charge on any atom is 0.307 e. The molecular formula is C13H14O3. The molecule has 0 saturated carbocycles. The fraction of sp³-hybridized carbons (Fsp3) is 0.154. The van der Waals surface area contributed by atoms with Crippen molar-refractivity contribution >= 4 is 12.0 Å². The zero-order valence-electron chi connectivity index (χ0n) is 9.09. The van der Waals surface area contributed by atoms with Crippen LogP contribution in [-0.4, -0.2) is 18.2 Å². The summed E-state index contributed by atoms with van der Waals surface area (Å²) in [5.41, 5.74) is 1.04. The van der Waals surface area contributed by atoms with Crippen LogP contribution in [0.15, 0.2) is 42.5 Å². The molecule has 0 aliphatic heterocycles. The summed E-state index contributed by atoms with van der Waals surface area (Å²) in [6, 6.07) is 7.61. The molecule has 1 aromatic rings. The van der Waals surface area contributed by atoms with Gasteiger partial charge in [0.05, 0.1) is 13.5 Å². The van der Waals surface area contributed by atoms with Crippen LogP contribution in [0.25, 0.3) is 6.08 Å². The summed E-state index contributed by atoms with van der Waals surface area (Å²) in [6.07, 6.45) is 7.08. The average Bonchev–Trinajstić information content (AvgIpc) is 2.29. The van der Waals surface area contributed by atoms with E-state index in [9.17, 15) is 4.79 Å². The highest BCUT2D eigenvalue weighted by Crippen LogP contribution is 2.12. The maximum atomic E-state index is 10.2. The zero-order chi connectivity index (χ0) is 11.8. The minimum atomic E-state index is -0.825. The van der Waals surface area contributed by atoms with Crippen molar-refractivity contribution in [3.05, 3.63) is 48.1 Å². The lowest BCUT2D eigenvalue weighted by Gasteiger charge is -1.98. The molecule has 0 atom stereocenters. The second kappa shape index (κ2) is 6.45. The second-order valence-corrected chi connectivity index (χ2v) is 3.16. The standard InChI is InChI=1S/C13H14O3/c1-16-12-9-7-11(8-10-12)5-3-2-4-6-13(14)15/h2-5,7-10H,6H2,1H3,(H,14,15)/b4-2+,5-3+. The number of carboxylic acids is 1. The van der Waals surface area contributed by atoms with Gasteiger partial charge in [-0.2, -0.15) is 0 Å². The van der Waals surface area contributed by atoms with Gasteiger partial charge >= 0.3 is 5.97 Å². The Hall–Kier alpha value is -2.03. The van der Waals surface area contributed by atoms with E-state index in [1.54, 1.807) is 19.3 Å². The number of allylic oxidation sites excluding steroid dienone is 2. The minimum absolute atomic E-state index is 0.0486. The van der Waals surface area contributed by atoms with Crippen molar-refractivity contribution in [2.24, 2.45) is 0 Å². The SMILES string of the molecule is COc1ccc(/C=C/C=C/CC(=O)O)cc1. The highest BCUT2D eigenvalue weighted by atomic mass is 16.5. The van der Waals surface area contributed by atoms with Gasteiger partial charge in [0.2, 0.25) is 0 Å². The van der Waals surface area contributed by atoms with E-state index in [1.165, 1.54) is 0 Å². The summed E-state index contributed by atoms with van der Waals surface area (Å²) in [6.45, 7) is 0. The number of carbonyl (C=O) groups is 1. The van der Waals surface area contributed by atoms with Crippen LogP contribution >= 0.6 is 0 Å². The third-order valence-electron chi connectivity index (χ3n) is 1.94. The van der Waals surface area contributed by atoms with E-state index in [4.69, 9.17) is 9.84 Å². The number of carboxylic acid groups (broad SMARTS) is 1. The van der Waals surface area contributed by atoms with E-state index in [0.717, 1.165) is 11.3 Å². The van der Waals surface area contributed by atoms with E-state index in [1.807, 2.05) is 36.4 Å². The molecule has 0 heterocycles. The van der Waals surface area contributed by atoms with E-state index < -0.39 is 5.97 Å². The van der Waals surface area contributed by atoms with Gasteiger partial charge in [-0.15, -0.1) is 0 Å². The Morgan fingerprint density at radius 1 is 1.31 bits per heavy atom. The summed E-state index contributed by atoms with van der Waals surface area (Å²) in [7, 11) is 1.62. The molecule has 84 valence electrons. The van der Waals surface area contributed by atoms with Crippen molar-refractivity contribution < 1.29 is 14.6 Å². The van der Waals surface area contributed by atoms with Crippen LogP contribution in [0.5, 0.6) is 5.75 Å². The molecule has 0 amide bonds. The summed E-state index contributed by atoms with van der Waals surface area (Å²) >= 11 is 0. The summed E-state index contributed by atoms with van der Waals surface area (Å²) in [5.74, 6) is -0.00679. The highest BCUT2D eigenvalue weighted by Gasteiger charge is 1.89. The van der Waals surface area contributed by atoms with Gasteiger partial charge in [-0.3, -0.25) is 4.79 Å². The molecule has 1 N–H and O–H groups in total. The summed E-state index contributed by atoms with van der Waals surface area (Å²) in [4.78, 5) is 10.2. The van der Waals surface area contributed by atoms with Gasteiger partial charge in [-0.1, -0.05) is 36.4 Å². The molecule has 0 aliphatic rings. The Kier molecular flexibility index (Phi) is 4.86. The van der Waals surface area contributed by atoms with Crippen LogP contribution in [0, 0.1) is 0 Å². The maximum absolute atomic E-state index is 10.2. The molecule has 1 aromatic carbocycles. The van der Waals surface area contributed by atoms with E-state index >= 15 is 0 Å². The number of rotatable bonds is 5. The fourth-order valence-corrected chi connectivity index (χ4v) is 1.13. The van der Waals surface area contributed by atoms with Crippen LogP contribution in [0.4, 0.5) is 0 Å².